The Morgan fingerprint density at radius 2 is 2.00 bits per heavy atom. The predicted octanol–water partition coefficient (Wildman–Crippen LogP) is 2.33. The molecule has 0 bridgehead atoms. The van der Waals surface area contributed by atoms with E-state index in [1.807, 2.05) is 0 Å². The van der Waals surface area contributed by atoms with Crippen LogP contribution in [0.25, 0.3) is 0 Å². The summed E-state index contributed by atoms with van der Waals surface area (Å²) in [6.45, 7) is 3.44. The van der Waals surface area contributed by atoms with E-state index in [1.165, 1.54) is 24.7 Å². The van der Waals surface area contributed by atoms with E-state index in [4.69, 9.17) is 5.11 Å². The highest BCUT2D eigenvalue weighted by molar-refractivity contribution is 5.91. The Kier molecular flexibility index (Phi) is 8.32. The summed E-state index contributed by atoms with van der Waals surface area (Å²) in [4.78, 5) is 30.2. The number of nitrogens with zero attached hydrogens (tertiary/aromatic N) is 4. The molecule has 11 nitrogen and oxygen atoms in total. The number of nitrogens with one attached hydrogen (secondary N) is 3. The van der Waals surface area contributed by atoms with Crippen LogP contribution in [0.4, 0.5) is 19.0 Å². The van der Waals surface area contributed by atoms with E-state index in [0.717, 1.165) is 25.2 Å². The molecule has 204 valence electrons. The van der Waals surface area contributed by atoms with Gasteiger partial charge in [0.05, 0.1) is 19.1 Å². The standard InChI is InChI=1S/C20H24F3N5O2.C4H4N2O2/c1-27-6-5-18(26-27)25-19(29)12-28-10-16-15(17(16)11-28)9-24-8-13-3-2-4-14(7-13)30-20(21,22)23;7-4(8)3-1-5-2-6-3/h2-7,15-17,24H,8-12H2,1H3,(H,25,26,29);1-2H,(H,5,6)(H,7,8). The molecular formula is C24H28F3N7O4. The van der Waals surface area contributed by atoms with Gasteiger partial charge in [0, 0.05) is 38.9 Å². The number of aromatic nitrogens is 4. The van der Waals surface area contributed by atoms with Gasteiger partial charge in [-0.05, 0) is 42.0 Å². The van der Waals surface area contributed by atoms with Crippen LogP contribution in [0.2, 0.25) is 0 Å². The van der Waals surface area contributed by atoms with Crippen molar-refractivity contribution in [3.8, 4) is 5.75 Å². The Bertz CT molecular complexity index is 1220. The van der Waals surface area contributed by atoms with Gasteiger partial charge in [0.15, 0.2) is 5.82 Å². The number of hydrogen-bond donors (Lipinski definition) is 4. The number of carboxylic acid groups (broad SMARTS) is 1. The largest absolute Gasteiger partial charge is 0.573 e. The number of aryl methyl sites for hydroxylation is 1. The van der Waals surface area contributed by atoms with Crippen molar-refractivity contribution >= 4 is 17.7 Å². The van der Waals surface area contributed by atoms with Gasteiger partial charge in [-0.1, -0.05) is 12.1 Å². The summed E-state index contributed by atoms with van der Waals surface area (Å²) < 4.78 is 42.6. The second-order valence-corrected chi connectivity index (χ2v) is 9.21. The summed E-state index contributed by atoms with van der Waals surface area (Å²) in [5.74, 6) is 0.992. The number of ether oxygens (including phenoxy) is 1. The van der Waals surface area contributed by atoms with Gasteiger partial charge in [0.2, 0.25) is 5.91 Å². The molecule has 14 heteroatoms. The van der Waals surface area contributed by atoms with E-state index >= 15 is 0 Å². The zero-order valence-electron chi connectivity index (χ0n) is 20.5. The van der Waals surface area contributed by atoms with Crippen molar-refractivity contribution in [2.24, 2.45) is 24.8 Å². The number of likely N-dealkylation sites (tertiary alicyclic amines) is 1. The third-order valence-electron chi connectivity index (χ3n) is 6.37. The number of amides is 1. The molecule has 1 amide bonds. The third kappa shape index (κ3) is 7.79. The molecule has 3 aromatic rings. The number of fused-ring (bicyclic) bond motifs is 1. The van der Waals surface area contributed by atoms with Crippen LogP contribution in [0.1, 0.15) is 16.1 Å². The first-order valence-corrected chi connectivity index (χ1v) is 11.9. The molecule has 38 heavy (non-hydrogen) atoms. The first kappa shape index (κ1) is 27.1. The van der Waals surface area contributed by atoms with Crippen LogP contribution in [0.5, 0.6) is 5.75 Å². The molecule has 5 rings (SSSR count). The molecule has 0 spiro atoms. The van der Waals surface area contributed by atoms with Crippen molar-refractivity contribution < 1.29 is 32.6 Å². The Morgan fingerprint density at radius 3 is 2.58 bits per heavy atom. The molecule has 2 fully saturated rings. The first-order chi connectivity index (χ1) is 18.1. The Labute approximate surface area is 216 Å². The van der Waals surface area contributed by atoms with Crippen LogP contribution in [-0.2, 0) is 18.4 Å². The number of halogens is 3. The zero-order chi connectivity index (χ0) is 27.3. The topological polar surface area (TPSA) is 137 Å². The van der Waals surface area contributed by atoms with Gasteiger partial charge in [-0.15, -0.1) is 13.2 Å². The molecular weight excluding hydrogens is 507 g/mol. The number of benzene rings is 1. The molecule has 2 aliphatic rings. The summed E-state index contributed by atoms with van der Waals surface area (Å²) in [6.07, 6.45) is -0.332. The van der Waals surface area contributed by atoms with Crippen molar-refractivity contribution in [1.29, 1.82) is 0 Å². The monoisotopic (exact) mass is 535 g/mol. The summed E-state index contributed by atoms with van der Waals surface area (Å²) in [5, 5.41) is 18.5. The van der Waals surface area contributed by atoms with Crippen molar-refractivity contribution in [2.45, 2.75) is 12.9 Å². The van der Waals surface area contributed by atoms with Gasteiger partial charge in [0.25, 0.3) is 0 Å². The lowest BCUT2D eigenvalue weighted by Crippen LogP contribution is -2.34. The van der Waals surface area contributed by atoms with Crippen molar-refractivity contribution in [2.75, 3.05) is 31.5 Å². The molecule has 1 aromatic carbocycles. The second-order valence-electron chi connectivity index (χ2n) is 9.21. The zero-order valence-corrected chi connectivity index (χ0v) is 20.5. The van der Waals surface area contributed by atoms with Crippen LogP contribution in [-0.4, -0.2) is 74.2 Å². The third-order valence-corrected chi connectivity index (χ3v) is 6.37. The number of carbonyl (C=O) groups is 2. The maximum Gasteiger partial charge on any atom is 0.573 e. The summed E-state index contributed by atoms with van der Waals surface area (Å²) in [6, 6.07) is 7.77. The summed E-state index contributed by atoms with van der Waals surface area (Å²) in [7, 11) is 1.80. The van der Waals surface area contributed by atoms with Crippen LogP contribution in [0.3, 0.4) is 0 Å². The van der Waals surface area contributed by atoms with Gasteiger partial charge in [0.1, 0.15) is 11.4 Å². The highest BCUT2D eigenvalue weighted by Crippen LogP contribution is 2.51. The minimum atomic E-state index is -4.68. The maximum absolute atomic E-state index is 12.3. The number of anilines is 1. The number of carboxylic acids is 1. The fraction of sp³-hybridized carbons (Fsp3) is 0.417. The fourth-order valence-corrected chi connectivity index (χ4v) is 4.64. The van der Waals surface area contributed by atoms with Crippen molar-refractivity contribution in [1.82, 2.24) is 30.0 Å². The van der Waals surface area contributed by atoms with Gasteiger partial charge in [-0.3, -0.25) is 14.4 Å². The lowest BCUT2D eigenvalue weighted by atomic mass is 10.2. The number of hydrogen-bond acceptors (Lipinski definition) is 7. The highest BCUT2D eigenvalue weighted by atomic mass is 19.4. The van der Waals surface area contributed by atoms with Crippen LogP contribution in [0.15, 0.2) is 49.1 Å². The fourth-order valence-electron chi connectivity index (χ4n) is 4.64. The smallest absolute Gasteiger partial charge is 0.477 e. The number of piperidine rings is 1. The van der Waals surface area contributed by atoms with Crippen LogP contribution >= 0.6 is 0 Å². The molecule has 2 aromatic heterocycles. The highest BCUT2D eigenvalue weighted by Gasteiger charge is 2.54. The van der Waals surface area contributed by atoms with E-state index in [9.17, 15) is 22.8 Å². The quantitative estimate of drug-likeness (QED) is 0.328. The predicted molar refractivity (Wildman–Crippen MR) is 129 cm³/mol. The maximum atomic E-state index is 12.3. The molecule has 1 saturated carbocycles. The van der Waals surface area contributed by atoms with E-state index in [-0.39, 0.29) is 17.4 Å². The lowest BCUT2D eigenvalue weighted by molar-refractivity contribution is -0.274. The number of carbonyl (C=O) groups excluding carboxylic acids is 1. The Balaban J connectivity index is 0.000000360. The van der Waals surface area contributed by atoms with Crippen molar-refractivity contribution in [3.05, 3.63) is 60.3 Å². The number of H-pyrrole nitrogens is 1. The molecule has 3 heterocycles. The van der Waals surface area contributed by atoms with E-state index in [2.05, 4.69) is 35.3 Å². The average molecular weight is 536 g/mol. The molecule has 4 N–H and O–H groups in total. The number of imidazole rings is 1. The Morgan fingerprint density at radius 1 is 1.24 bits per heavy atom. The van der Waals surface area contributed by atoms with E-state index < -0.39 is 12.3 Å². The van der Waals surface area contributed by atoms with Gasteiger partial charge in [-0.25, -0.2) is 9.78 Å². The Hall–Kier alpha value is -3.91. The molecule has 2 atom stereocenters. The minimum absolute atomic E-state index is 0.0642. The van der Waals surface area contributed by atoms with E-state index in [0.29, 0.717) is 36.7 Å². The summed E-state index contributed by atoms with van der Waals surface area (Å²) in [5.41, 5.74) is 0.861. The molecule has 1 aliphatic heterocycles. The molecule has 2 unspecified atom stereocenters. The average Bonchev–Trinajstić information content (AvgIpc) is 3.33. The number of rotatable bonds is 9. The number of aromatic carboxylic acids is 1. The van der Waals surface area contributed by atoms with Crippen LogP contribution < -0.4 is 15.4 Å². The van der Waals surface area contributed by atoms with Crippen molar-refractivity contribution in [3.63, 3.8) is 0 Å². The summed E-state index contributed by atoms with van der Waals surface area (Å²) >= 11 is 0. The van der Waals surface area contributed by atoms with Gasteiger partial charge < -0.3 is 25.5 Å². The van der Waals surface area contributed by atoms with E-state index in [1.54, 1.807) is 36.1 Å². The molecule has 0 radical (unpaired) electrons. The van der Waals surface area contributed by atoms with Gasteiger partial charge >= 0.3 is 12.3 Å². The first-order valence-electron chi connectivity index (χ1n) is 11.9. The minimum Gasteiger partial charge on any atom is -0.477 e. The lowest BCUT2D eigenvalue weighted by Gasteiger charge is -2.18. The SMILES string of the molecule is Cn1ccc(NC(=O)CN2CC3C(CNCc4cccc(OC(F)(F)F)c4)C3C2)n1.O=C(O)c1cnc[nH]1. The molecule has 1 saturated heterocycles. The number of alkyl halides is 3. The number of aromatic amines is 1. The normalized spacial score (nSPS) is 20.3. The van der Waals surface area contributed by atoms with Crippen LogP contribution in [0, 0.1) is 17.8 Å². The van der Waals surface area contributed by atoms with Gasteiger partial charge in [-0.2, -0.15) is 5.10 Å². The molecule has 1 aliphatic carbocycles. The second kappa shape index (κ2) is 11.6.